The number of fused-ring (bicyclic) bond motifs is 1. The van der Waals surface area contributed by atoms with E-state index in [1.54, 1.807) is 23.2 Å². The van der Waals surface area contributed by atoms with E-state index >= 15 is 0 Å². The lowest BCUT2D eigenvalue weighted by Crippen LogP contribution is -2.38. The van der Waals surface area contributed by atoms with Crippen molar-refractivity contribution in [3.63, 3.8) is 0 Å². The summed E-state index contributed by atoms with van der Waals surface area (Å²) < 4.78 is 7.20. The predicted molar refractivity (Wildman–Crippen MR) is 99.4 cm³/mol. The first kappa shape index (κ1) is 16.8. The summed E-state index contributed by atoms with van der Waals surface area (Å²) in [6.07, 6.45) is 5.37. The molecule has 136 valence electrons. The molecule has 1 atom stereocenters. The van der Waals surface area contributed by atoms with Crippen molar-refractivity contribution in [1.82, 2.24) is 20.0 Å². The molecule has 1 unspecified atom stereocenters. The van der Waals surface area contributed by atoms with Crippen molar-refractivity contribution < 1.29 is 4.42 Å². The van der Waals surface area contributed by atoms with E-state index in [0.717, 1.165) is 41.9 Å². The highest BCUT2D eigenvalue weighted by Crippen LogP contribution is 2.30. The van der Waals surface area contributed by atoms with Gasteiger partial charge in [-0.3, -0.25) is 4.79 Å². The lowest BCUT2D eigenvalue weighted by Gasteiger charge is -2.26. The summed E-state index contributed by atoms with van der Waals surface area (Å²) >= 11 is 0. The zero-order valence-corrected chi connectivity index (χ0v) is 15.3. The third-order valence-electron chi connectivity index (χ3n) is 4.92. The summed E-state index contributed by atoms with van der Waals surface area (Å²) in [5, 5.41) is 13.9. The number of furan rings is 1. The smallest absolute Gasteiger partial charge is 0.266 e. The Bertz CT molecular complexity index is 985. The molecule has 1 aliphatic heterocycles. The number of aromatic nitrogens is 4. The fourth-order valence-corrected chi connectivity index (χ4v) is 3.47. The third kappa shape index (κ3) is 2.98. The van der Waals surface area contributed by atoms with E-state index in [2.05, 4.69) is 41.0 Å². The van der Waals surface area contributed by atoms with Crippen molar-refractivity contribution >= 4 is 16.8 Å². The van der Waals surface area contributed by atoms with Gasteiger partial charge in [-0.1, -0.05) is 20.8 Å². The van der Waals surface area contributed by atoms with Crippen LogP contribution in [0.1, 0.15) is 39.3 Å². The summed E-state index contributed by atoms with van der Waals surface area (Å²) in [7, 11) is 0. The van der Waals surface area contributed by atoms with E-state index in [4.69, 9.17) is 4.42 Å². The van der Waals surface area contributed by atoms with Crippen molar-refractivity contribution in [1.29, 1.82) is 0 Å². The minimum Gasteiger partial charge on any atom is -0.460 e. The van der Waals surface area contributed by atoms with E-state index in [1.165, 1.54) is 0 Å². The molecule has 1 saturated heterocycles. The molecule has 0 saturated carbocycles. The maximum Gasteiger partial charge on any atom is 0.266 e. The molecule has 7 nitrogen and oxygen atoms in total. The van der Waals surface area contributed by atoms with Crippen LogP contribution in [0.2, 0.25) is 0 Å². The van der Waals surface area contributed by atoms with Crippen LogP contribution in [-0.4, -0.2) is 32.6 Å². The SMILES string of the molecule is CC(C)(C)c1ccc(=O)n(CC2CCCN2c2nncc3ccoc23)n1. The minimum atomic E-state index is -0.101. The van der Waals surface area contributed by atoms with E-state index < -0.39 is 0 Å². The highest BCUT2D eigenvalue weighted by atomic mass is 16.3. The molecule has 0 radical (unpaired) electrons. The van der Waals surface area contributed by atoms with Gasteiger partial charge in [-0.15, -0.1) is 5.10 Å². The van der Waals surface area contributed by atoms with Gasteiger partial charge in [0, 0.05) is 23.4 Å². The van der Waals surface area contributed by atoms with Crippen molar-refractivity contribution in [2.24, 2.45) is 0 Å². The van der Waals surface area contributed by atoms with Gasteiger partial charge in [0.05, 0.1) is 30.7 Å². The van der Waals surface area contributed by atoms with E-state index in [1.807, 2.05) is 12.1 Å². The number of rotatable bonds is 3. The van der Waals surface area contributed by atoms with Gasteiger partial charge in [-0.05, 0) is 25.0 Å². The molecule has 0 bridgehead atoms. The number of hydrogen-bond acceptors (Lipinski definition) is 6. The molecule has 0 N–H and O–H groups in total. The van der Waals surface area contributed by atoms with Crippen LogP contribution in [0.5, 0.6) is 0 Å². The highest BCUT2D eigenvalue weighted by Gasteiger charge is 2.29. The third-order valence-corrected chi connectivity index (χ3v) is 4.92. The number of anilines is 1. The summed E-state index contributed by atoms with van der Waals surface area (Å²) in [6.45, 7) is 7.69. The van der Waals surface area contributed by atoms with Crippen LogP contribution in [-0.2, 0) is 12.0 Å². The first-order valence-electron chi connectivity index (χ1n) is 8.98. The molecule has 0 amide bonds. The Morgan fingerprint density at radius 3 is 2.92 bits per heavy atom. The molecule has 1 fully saturated rings. The Morgan fingerprint density at radius 1 is 1.27 bits per heavy atom. The van der Waals surface area contributed by atoms with Crippen LogP contribution < -0.4 is 10.5 Å². The van der Waals surface area contributed by atoms with Gasteiger partial charge in [0.15, 0.2) is 11.4 Å². The second kappa shape index (κ2) is 6.23. The topological polar surface area (TPSA) is 77.0 Å². The standard InChI is InChI=1S/C19H23N5O2/c1-19(2,3)15-6-7-16(25)24(22-15)12-14-5-4-9-23(14)18-17-13(8-10-26-17)11-20-21-18/h6-8,10-11,14H,4-5,9,12H2,1-3H3. The van der Waals surface area contributed by atoms with Gasteiger partial charge in [-0.25, -0.2) is 4.68 Å². The molecule has 1 aliphatic rings. The Labute approximate surface area is 151 Å². The van der Waals surface area contributed by atoms with Crippen molar-refractivity contribution in [3.8, 4) is 0 Å². The maximum absolute atomic E-state index is 12.3. The largest absolute Gasteiger partial charge is 0.460 e. The predicted octanol–water partition coefficient (Wildman–Crippen LogP) is 2.75. The van der Waals surface area contributed by atoms with Gasteiger partial charge >= 0.3 is 0 Å². The fraction of sp³-hybridized carbons (Fsp3) is 0.474. The maximum atomic E-state index is 12.3. The van der Waals surface area contributed by atoms with Crippen LogP contribution in [0, 0.1) is 0 Å². The lowest BCUT2D eigenvalue weighted by atomic mass is 9.92. The molecular weight excluding hydrogens is 330 g/mol. The van der Waals surface area contributed by atoms with Gasteiger partial charge in [0.1, 0.15) is 0 Å². The first-order valence-corrected chi connectivity index (χ1v) is 8.98. The average molecular weight is 353 g/mol. The van der Waals surface area contributed by atoms with Gasteiger partial charge < -0.3 is 9.32 Å². The molecule has 4 rings (SSSR count). The monoisotopic (exact) mass is 353 g/mol. The Balaban J connectivity index is 1.66. The Kier molecular flexibility index (Phi) is 4.01. The molecule has 0 spiro atoms. The van der Waals surface area contributed by atoms with Crippen LogP contribution >= 0.6 is 0 Å². The molecule has 3 aromatic heterocycles. The quantitative estimate of drug-likeness (QED) is 0.720. The summed E-state index contributed by atoms with van der Waals surface area (Å²) in [5.74, 6) is 0.745. The number of nitrogens with zero attached hydrogens (tertiary/aromatic N) is 5. The molecular formula is C19H23N5O2. The van der Waals surface area contributed by atoms with Crippen molar-refractivity contribution in [3.05, 3.63) is 46.7 Å². The van der Waals surface area contributed by atoms with E-state index in [9.17, 15) is 4.79 Å². The second-order valence-corrected chi connectivity index (χ2v) is 7.85. The van der Waals surface area contributed by atoms with Gasteiger partial charge in [0.2, 0.25) is 0 Å². The molecule has 26 heavy (non-hydrogen) atoms. The van der Waals surface area contributed by atoms with Gasteiger partial charge in [-0.2, -0.15) is 10.2 Å². The summed E-state index contributed by atoms with van der Waals surface area (Å²) in [4.78, 5) is 14.5. The molecule has 3 aromatic rings. The minimum absolute atomic E-state index is 0.0767. The fourth-order valence-electron chi connectivity index (χ4n) is 3.47. The van der Waals surface area contributed by atoms with Gasteiger partial charge in [0.25, 0.3) is 5.56 Å². The number of hydrogen-bond donors (Lipinski definition) is 0. The molecule has 0 aliphatic carbocycles. The Hall–Kier alpha value is -2.70. The summed E-state index contributed by atoms with van der Waals surface area (Å²) in [5.41, 5.74) is 1.48. The van der Waals surface area contributed by atoms with Crippen LogP contribution in [0.3, 0.4) is 0 Å². The van der Waals surface area contributed by atoms with Crippen LogP contribution in [0.4, 0.5) is 5.82 Å². The summed E-state index contributed by atoms with van der Waals surface area (Å²) in [6, 6.07) is 5.46. The van der Waals surface area contributed by atoms with Crippen LogP contribution in [0.15, 0.2) is 39.9 Å². The van der Waals surface area contributed by atoms with Crippen molar-refractivity contribution in [2.75, 3.05) is 11.4 Å². The molecule has 4 heterocycles. The normalized spacial score (nSPS) is 18.0. The van der Waals surface area contributed by atoms with E-state index in [0.29, 0.717) is 6.54 Å². The van der Waals surface area contributed by atoms with Crippen LogP contribution in [0.25, 0.3) is 11.0 Å². The zero-order valence-electron chi connectivity index (χ0n) is 15.3. The second-order valence-electron chi connectivity index (χ2n) is 7.85. The molecule has 0 aromatic carbocycles. The average Bonchev–Trinajstić information content (AvgIpc) is 3.24. The first-order chi connectivity index (χ1) is 12.4. The molecule has 7 heteroatoms. The lowest BCUT2D eigenvalue weighted by molar-refractivity contribution is 0.455. The Morgan fingerprint density at radius 2 is 2.12 bits per heavy atom. The zero-order chi connectivity index (χ0) is 18.3. The van der Waals surface area contributed by atoms with Crippen molar-refractivity contribution in [2.45, 2.75) is 51.6 Å². The van der Waals surface area contributed by atoms with E-state index in [-0.39, 0.29) is 17.0 Å². The highest BCUT2D eigenvalue weighted by molar-refractivity contribution is 5.86.